The molecule has 1 nitrogen and oxygen atoms in total. The molecule has 0 N–H and O–H groups in total. The number of fused-ring (bicyclic) bond motifs is 3. The first-order valence-electron chi connectivity index (χ1n) is 13.8. The first-order chi connectivity index (χ1) is 19.1. The van der Waals surface area contributed by atoms with Crippen LogP contribution >= 0.6 is 31.9 Å². The maximum absolute atomic E-state index is 3.68. The Bertz CT molecular complexity index is 1770. The minimum atomic E-state index is 0.167. The van der Waals surface area contributed by atoms with Crippen molar-refractivity contribution in [1.82, 2.24) is 4.57 Å². The molecule has 5 aromatic carbocycles. The van der Waals surface area contributed by atoms with Gasteiger partial charge in [-0.1, -0.05) is 118 Å². The second kappa shape index (κ2) is 10.4. The summed E-state index contributed by atoms with van der Waals surface area (Å²) in [5.74, 6) is 0. The van der Waals surface area contributed by atoms with E-state index < -0.39 is 0 Å². The topological polar surface area (TPSA) is 4.93 Å². The van der Waals surface area contributed by atoms with E-state index in [2.05, 4.69) is 163 Å². The van der Waals surface area contributed by atoms with Gasteiger partial charge in [-0.3, -0.25) is 0 Å². The van der Waals surface area contributed by atoms with Gasteiger partial charge in [0.1, 0.15) is 0 Å². The van der Waals surface area contributed by atoms with E-state index in [1.54, 1.807) is 0 Å². The van der Waals surface area contributed by atoms with Gasteiger partial charge in [-0.05, 0) is 90.1 Å². The number of hydrogen-bond acceptors (Lipinski definition) is 0. The number of aromatic nitrogens is 1. The number of halogens is 2. The number of benzene rings is 5. The minimum Gasteiger partial charge on any atom is -0.309 e. The maximum atomic E-state index is 3.68. The molecule has 0 amide bonds. The molecule has 40 heavy (non-hydrogen) atoms. The van der Waals surface area contributed by atoms with Crippen molar-refractivity contribution < 1.29 is 0 Å². The zero-order valence-corrected chi connectivity index (χ0v) is 27.0. The molecule has 0 saturated heterocycles. The molecular weight excluding hydrogens is 617 g/mol. The van der Waals surface area contributed by atoms with E-state index in [9.17, 15) is 0 Å². The molecule has 1 heterocycles. The van der Waals surface area contributed by atoms with Crippen molar-refractivity contribution in [3.8, 4) is 5.69 Å². The standard InChI is InChI=1S/C36H32BBr2N/c1-21-15-23(3)35(24(4)16-21)37(36-25(5)17-22(2)18-26(36)6)27-7-11-30(12-8-27)40-33-13-9-28(38)19-31(33)32-20-29(39)10-14-34(32)40/h7-20H,1-6H3. The molecule has 6 aromatic rings. The van der Waals surface area contributed by atoms with Crippen LogP contribution in [0.3, 0.4) is 0 Å². The number of aryl methyl sites for hydroxylation is 6. The fourth-order valence-corrected chi connectivity index (χ4v) is 7.55. The summed E-state index contributed by atoms with van der Waals surface area (Å²) in [7, 11) is 0. The summed E-state index contributed by atoms with van der Waals surface area (Å²) in [6.45, 7) is 13.6. The molecule has 198 valence electrons. The van der Waals surface area contributed by atoms with E-state index in [-0.39, 0.29) is 6.71 Å². The summed E-state index contributed by atoms with van der Waals surface area (Å²) in [6.07, 6.45) is 0. The number of hydrogen-bond donors (Lipinski definition) is 0. The van der Waals surface area contributed by atoms with Crippen molar-refractivity contribution in [1.29, 1.82) is 0 Å². The largest absolute Gasteiger partial charge is 0.309 e. The van der Waals surface area contributed by atoms with Crippen molar-refractivity contribution in [3.63, 3.8) is 0 Å². The van der Waals surface area contributed by atoms with Gasteiger partial charge in [0.15, 0.2) is 0 Å². The lowest BCUT2D eigenvalue weighted by atomic mass is 9.34. The molecular formula is C36H32BBr2N. The molecule has 6 rings (SSSR count). The average molecular weight is 649 g/mol. The second-order valence-corrected chi connectivity index (χ2v) is 13.1. The van der Waals surface area contributed by atoms with Gasteiger partial charge < -0.3 is 4.57 Å². The van der Waals surface area contributed by atoms with Crippen molar-refractivity contribution in [2.24, 2.45) is 0 Å². The Morgan fingerprint density at radius 2 is 0.900 bits per heavy atom. The van der Waals surface area contributed by atoms with Gasteiger partial charge in [0.2, 0.25) is 6.71 Å². The highest BCUT2D eigenvalue weighted by molar-refractivity contribution is 9.10. The summed E-state index contributed by atoms with van der Waals surface area (Å²) >= 11 is 7.37. The molecule has 0 aliphatic carbocycles. The van der Waals surface area contributed by atoms with Crippen molar-refractivity contribution >= 4 is 76.8 Å². The van der Waals surface area contributed by atoms with Gasteiger partial charge in [-0.25, -0.2) is 0 Å². The Morgan fingerprint density at radius 3 is 1.30 bits per heavy atom. The summed E-state index contributed by atoms with van der Waals surface area (Å²) < 4.78 is 4.56. The van der Waals surface area contributed by atoms with Crippen LogP contribution < -0.4 is 16.4 Å². The molecule has 0 bridgehead atoms. The predicted octanol–water partition coefficient (Wildman–Crippen LogP) is 8.68. The first-order valence-corrected chi connectivity index (χ1v) is 15.4. The van der Waals surface area contributed by atoms with E-state index in [4.69, 9.17) is 0 Å². The lowest BCUT2D eigenvalue weighted by molar-refractivity contribution is 1.18. The highest BCUT2D eigenvalue weighted by Gasteiger charge is 2.28. The first kappa shape index (κ1) is 27.1. The molecule has 0 saturated carbocycles. The maximum Gasteiger partial charge on any atom is 0.242 e. The lowest BCUT2D eigenvalue weighted by Crippen LogP contribution is -2.55. The highest BCUT2D eigenvalue weighted by Crippen LogP contribution is 2.35. The Hall–Kier alpha value is -3.08. The van der Waals surface area contributed by atoms with Crippen molar-refractivity contribution in [2.75, 3.05) is 0 Å². The van der Waals surface area contributed by atoms with Crippen LogP contribution in [0, 0.1) is 41.5 Å². The minimum absolute atomic E-state index is 0.167. The van der Waals surface area contributed by atoms with Crippen LogP contribution in [0.15, 0.2) is 93.9 Å². The smallest absolute Gasteiger partial charge is 0.242 e. The summed E-state index contributed by atoms with van der Waals surface area (Å²) in [6, 6.07) is 31.7. The molecule has 0 spiro atoms. The Kier molecular flexibility index (Phi) is 7.05. The molecule has 0 atom stereocenters. The third-order valence-electron chi connectivity index (χ3n) is 8.23. The SMILES string of the molecule is Cc1cc(C)c(B(c2ccc(-n3c4ccc(Br)cc4c4cc(Br)ccc43)cc2)c2c(C)cc(C)cc2C)c(C)c1. The summed E-state index contributed by atoms with van der Waals surface area (Å²) in [4.78, 5) is 0. The van der Waals surface area contributed by atoms with E-state index in [0.717, 1.165) is 8.95 Å². The Morgan fingerprint density at radius 1 is 0.500 bits per heavy atom. The molecule has 0 radical (unpaired) electrons. The molecule has 1 aromatic heterocycles. The molecule has 0 aliphatic heterocycles. The predicted molar refractivity (Wildman–Crippen MR) is 182 cm³/mol. The van der Waals surface area contributed by atoms with Crippen LogP contribution in [0.2, 0.25) is 0 Å². The van der Waals surface area contributed by atoms with Crippen LogP contribution in [0.5, 0.6) is 0 Å². The van der Waals surface area contributed by atoms with Crippen molar-refractivity contribution in [2.45, 2.75) is 41.5 Å². The van der Waals surface area contributed by atoms with Crippen LogP contribution in [-0.4, -0.2) is 11.3 Å². The number of nitrogens with zero attached hydrogens (tertiary/aromatic N) is 1. The fraction of sp³-hybridized carbons (Fsp3) is 0.167. The van der Waals surface area contributed by atoms with Gasteiger partial charge in [0.05, 0.1) is 11.0 Å². The quantitative estimate of drug-likeness (QED) is 0.169. The zero-order chi connectivity index (χ0) is 28.3. The van der Waals surface area contributed by atoms with Gasteiger partial charge in [-0.2, -0.15) is 0 Å². The van der Waals surface area contributed by atoms with Gasteiger partial charge in [-0.15, -0.1) is 0 Å². The van der Waals surface area contributed by atoms with Crippen molar-refractivity contribution in [3.05, 3.63) is 127 Å². The van der Waals surface area contributed by atoms with Gasteiger partial charge >= 0.3 is 0 Å². The number of rotatable bonds is 4. The third-order valence-corrected chi connectivity index (χ3v) is 9.21. The summed E-state index contributed by atoms with van der Waals surface area (Å²) in [5.41, 5.74) is 15.8. The summed E-state index contributed by atoms with van der Waals surface area (Å²) in [5, 5.41) is 2.48. The van der Waals surface area contributed by atoms with Crippen LogP contribution in [0.25, 0.3) is 27.5 Å². The van der Waals surface area contributed by atoms with E-state index >= 15 is 0 Å². The molecule has 0 fully saturated rings. The van der Waals surface area contributed by atoms with Gasteiger partial charge in [0.25, 0.3) is 0 Å². The lowest BCUT2D eigenvalue weighted by Gasteiger charge is -2.25. The molecule has 0 aliphatic rings. The normalized spacial score (nSPS) is 11.5. The van der Waals surface area contributed by atoms with E-state index in [1.807, 2.05) is 0 Å². The van der Waals surface area contributed by atoms with Crippen LogP contribution in [0.1, 0.15) is 33.4 Å². The van der Waals surface area contributed by atoms with E-state index in [1.165, 1.54) is 77.3 Å². The third kappa shape index (κ3) is 4.65. The monoisotopic (exact) mass is 647 g/mol. The van der Waals surface area contributed by atoms with Gasteiger partial charge in [0, 0.05) is 25.4 Å². The Balaban J connectivity index is 1.57. The van der Waals surface area contributed by atoms with E-state index in [0.29, 0.717) is 0 Å². The fourth-order valence-electron chi connectivity index (χ4n) is 6.83. The van der Waals surface area contributed by atoms with Crippen LogP contribution in [0.4, 0.5) is 0 Å². The average Bonchev–Trinajstić information content (AvgIpc) is 3.19. The highest BCUT2D eigenvalue weighted by atomic mass is 79.9. The second-order valence-electron chi connectivity index (χ2n) is 11.3. The zero-order valence-electron chi connectivity index (χ0n) is 23.9. The Labute approximate surface area is 254 Å². The molecule has 0 unspecified atom stereocenters. The molecule has 4 heteroatoms. The van der Waals surface area contributed by atoms with Crippen LogP contribution in [-0.2, 0) is 0 Å².